The lowest BCUT2D eigenvalue weighted by Crippen LogP contribution is -2.48. The predicted octanol–water partition coefficient (Wildman–Crippen LogP) is 3.16. The van der Waals surface area contributed by atoms with E-state index in [0.717, 1.165) is 23.4 Å². The van der Waals surface area contributed by atoms with Crippen LogP contribution >= 0.6 is 11.8 Å². The molecule has 0 aromatic heterocycles. The van der Waals surface area contributed by atoms with Crippen molar-refractivity contribution in [3.05, 3.63) is 24.3 Å². The van der Waals surface area contributed by atoms with Crippen LogP contribution in [0.1, 0.15) is 26.7 Å². The summed E-state index contributed by atoms with van der Waals surface area (Å²) in [7, 11) is 0. The second-order valence-electron chi connectivity index (χ2n) is 6.33. The molecule has 2 atom stereocenters. The normalized spacial score (nSPS) is 17.0. The van der Waals surface area contributed by atoms with Crippen LogP contribution in [0.2, 0.25) is 0 Å². The number of nitriles is 2. The Morgan fingerprint density at radius 3 is 2.75 bits per heavy atom. The van der Waals surface area contributed by atoms with E-state index in [2.05, 4.69) is 22.8 Å². The lowest BCUT2D eigenvalue weighted by Gasteiger charge is -2.23. The molecular formula is C18H22N4OS. The minimum Gasteiger partial charge on any atom is -0.375 e. The summed E-state index contributed by atoms with van der Waals surface area (Å²) in [4.78, 5) is 13.2. The number of nitrogens with zero attached hydrogens (tertiary/aromatic N) is 2. The van der Waals surface area contributed by atoms with Crippen molar-refractivity contribution in [3.63, 3.8) is 0 Å². The third kappa shape index (κ3) is 4.91. The van der Waals surface area contributed by atoms with Gasteiger partial charge in [0.1, 0.15) is 5.54 Å². The number of hydrogen-bond acceptors (Lipinski definition) is 5. The number of para-hydroxylation sites is 1. The summed E-state index contributed by atoms with van der Waals surface area (Å²) < 4.78 is 0. The summed E-state index contributed by atoms with van der Waals surface area (Å²) in [5.74, 6) is 0.759. The second kappa shape index (κ2) is 8.08. The van der Waals surface area contributed by atoms with Gasteiger partial charge in [-0.25, -0.2) is 0 Å². The van der Waals surface area contributed by atoms with Gasteiger partial charge in [0.15, 0.2) is 0 Å². The first-order valence-corrected chi connectivity index (χ1v) is 9.04. The highest BCUT2D eigenvalue weighted by atomic mass is 32.2. The molecule has 0 bridgehead atoms. The van der Waals surface area contributed by atoms with Crippen LogP contribution in [-0.4, -0.2) is 23.7 Å². The zero-order valence-electron chi connectivity index (χ0n) is 14.0. The number of nitrogens with one attached hydrogen (secondary N) is 2. The highest BCUT2D eigenvalue weighted by molar-refractivity contribution is 7.99. The van der Waals surface area contributed by atoms with Crippen molar-refractivity contribution < 1.29 is 4.79 Å². The number of hydrogen-bond donors (Lipinski definition) is 2. The summed E-state index contributed by atoms with van der Waals surface area (Å²) in [5, 5.41) is 24.2. The second-order valence-corrected chi connectivity index (χ2v) is 7.39. The molecule has 1 aromatic rings. The molecule has 0 unspecified atom stereocenters. The number of rotatable bonds is 8. The maximum Gasteiger partial charge on any atom is 0.240 e. The van der Waals surface area contributed by atoms with Gasteiger partial charge in [-0.15, -0.1) is 11.8 Å². The Kier molecular flexibility index (Phi) is 6.11. The molecule has 24 heavy (non-hydrogen) atoms. The fourth-order valence-electron chi connectivity index (χ4n) is 2.38. The third-order valence-corrected chi connectivity index (χ3v) is 5.39. The number of thioether (sulfide) groups is 1. The molecule has 1 aliphatic rings. The van der Waals surface area contributed by atoms with Crippen LogP contribution in [0.5, 0.6) is 0 Å². The van der Waals surface area contributed by atoms with Crippen LogP contribution in [0.15, 0.2) is 29.2 Å². The summed E-state index contributed by atoms with van der Waals surface area (Å²) in [6, 6.07) is 12.2. The molecule has 0 radical (unpaired) electrons. The Labute approximate surface area is 147 Å². The van der Waals surface area contributed by atoms with Gasteiger partial charge in [0.05, 0.1) is 24.6 Å². The van der Waals surface area contributed by atoms with Crippen molar-refractivity contribution in [2.75, 3.05) is 17.6 Å². The van der Waals surface area contributed by atoms with Crippen molar-refractivity contribution in [3.8, 4) is 12.1 Å². The molecule has 1 aromatic carbocycles. The maximum absolute atomic E-state index is 12.2. The molecule has 2 rings (SSSR count). The van der Waals surface area contributed by atoms with E-state index in [4.69, 9.17) is 5.26 Å². The first kappa shape index (κ1) is 18.2. The quantitative estimate of drug-likeness (QED) is 0.708. The van der Waals surface area contributed by atoms with Crippen LogP contribution in [-0.2, 0) is 4.79 Å². The Morgan fingerprint density at radius 1 is 1.42 bits per heavy atom. The molecule has 0 aliphatic heterocycles. The minimum absolute atomic E-state index is 0.0266. The largest absolute Gasteiger partial charge is 0.375 e. The Hall–Kier alpha value is -2.18. The molecule has 5 nitrogen and oxygen atoms in total. The van der Waals surface area contributed by atoms with E-state index in [9.17, 15) is 10.1 Å². The minimum atomic E-state index is -0.769. The smallest absolute Gasteiger partial charge is 0.240 e. The zero-order chi connectivity index (χ0) is 17.6. The van der Waals surface area contributed by atoms with Gasteiger partial charge in [-0.1, -0.05) is 12.1 Å². The number of anilines is 1. The molecule has 1 saturated carbocycles. The number of benzene rings is 1. The van der Waals surface area contributed by atoms with Crippen LogP contribution in [0.3, 0.4) is 0 Å². The monoisotopic (exact) mass is 342 g/mol. The Bertz CT molecular complexity index is 674. The van der Waals surface area contributed by atoms with Crippen LogP contribution < -0.4 is 10.6 Å². The van der Waals surface area contributed by atoms with E-state index in [0.29, 0.717) is 5.75 Å². The molecule has 2 N–H and O–H groups in total. The van der Waals surface area contributed by atoms with Gasteiger partial charge in [0.25, 0.3) is 0 Å². The van der Waals surface area contributed by atoms with Gasteiger partial charge in [0.2, 0.25) is 5.91 Å². The molecule has 0 heterocycles. The summed E-state index contributed by atoms with van der Waals surface area (Å²) in [5.41, 5.74) is 0.0998. The number of carbonyl (C=O) groups is 1. The van der Waals surface area contributed by atoms with Crippen LogP contribution in [0.25, 0.3) is 0 Å². The molecule has 1 fully saturated rings. The fraction of sp³-hybridized carbons (Fsp3) is 0.500. The molecule has 126 valence electrons. The van der Waals surface area contributed by atoms with Crippen LogP contribution in [0, 0.1) is 34.5 Å². The van der Waals surface area contributed by atoms with Crippen molar-refractivity contribution in [1.82, 2.24) is 5.32 Å². The number of amides is 1. The summed E-state index contributed by atoms with van der Waals surface area (Å²) >= 11 is 1.59. The molecule has 0 spiro atoms. The topological polar surface area (TPSA) is 88.7 Å². The average molecular weight is 342 g/mol. The molecule has 1 aliphatic carbocycles. The Morgan fingerprint density at radius 2 is 2.12 bits per heavy atom. The van der Waals surface area contributed by atoms with Crippen LogP contribution in [0.4, 0.5) is 5.69 Å². The lowest BCUT2D eigenvalue weighted by atomic mass is 9.98. The van der Waals surface area contributed by atoms with E-state index in [1.807, 2.05) is 31.2 Å². The van der Waals surface area contributed by atoms with E-state index >= 15 is 0 Å². The van der Waals surface area contributed by atoms with Crippen molar-refractivity contribution in [2.24, 2.45) is 11.8 Å². The maximum atomic E-state index is 12.2. The zero-order valence-corrected chi connectivity index (χ0v) is 14.8. The Balaban J connectivity index is 1.91. The van der Waals surface area contributed by atoms with E-state index < -0.39 is 5.54 Å². The average Bonchev–Trinajstić information content (AvgIpc) is 3.43. The van der Waals surface area contributed by atoms with Crippen molar-refractivity contribution >= 4 is 23.4 Å². The fourth-order valence-corrected chi connectivity index (χ4v) is 3.36. The van der Waals surface area contributed by atoms with Gasteiger partial charge in [-0.2, -0.15) is 10.5 Å². The SMILES string of the molecule is C[C@@H](C#N)CSc1ccccc1NCC(=O)N[C@@](C)(C#N)C1CC1. The summed E-state index contributed by atoms with van der Waals surface area (Å²) in [6.07, 6.45) is 1.99. The highest BCUT2D eigenvalue weighted by Gasteiger charge is 2.42. The first-order valence-electron chi connectivity index (χ1n) is 8.06. The molecule has 1 amide bonds. The van der Waals surface area contributed by atoms with Gasteiger partial charge in [0, 0.05) is 16.3 Å². The van der Waals surface area contributed by atoms with E-state index in [1.54, 1.807) is 18.7 Å². The van der Waals surface area contributed by atoms with Gasteiger partial charge >= 0.3 is 0 Å². The van der Waals surface area contributed by atoms with E-state index in [1.165, 1.54) is 0 Å². The highest BCUT2D eigenvalue weighted by Crippen LogP contribution is 2.39. The molecule has 6 heteroatoms. The number of carbonyl (C=O) groups excluding carboxylic acids is 1. The van der Waals surface area contributed by atoms with E-state index in [-0.39, 0.29) is 24.3 Å². The van der Waals surface area contributed by atoms with Crippen molar-refractivity contribution in [2.45, 2.75) is 37.1 Å². The van der Waals surface area contributed by atoms with Gasteiger partial charge in [-0.05, 0) is 44.7 Å². The predicted molar refractivity (Wildman–Crippen MR) is 95.3 cm³/mol. The molecular weight excluding hydrogens is 320 g/mol. The van der Waals surface area contributed by atoms with Gasteiger partial charge < -0.3 is 10.6 Å². The first-order chi connectivity index (χ1) is 11.5. The lowest BCUT2D eigenvalue weighted by molar-refractivity contribution is -0.120. The summed E-state index contributed by atoms with van der Waals surface area (Å²) in [6.45, 7) is 3.79. The third-order valence-electron chi connectivity index (χ3n) is 4.06. The molecule has 0 saturated heterocycles. The van der Waals surface area contributed by atoms with Crippen molar-refractivity contribution in [1.29, 1.82) is 10.5 Å². The standard InChI is InChI=1S/C18H22N4OS/c1-13(9-19)11-24-16-6-4-3-5-15(16)21-10-17(23)22-18(2,12-20)14-7-8-14/h3-6,13-14,21H,7-8,10-11H2,1-2H3,(H,22,23)/t13-,18-/m0/s1. The van der Waals surface area contributed by atoms with Gasteiger partial charge in [-0.3, -0.25) is 4.79 Å².